The number of aliphatic hydroxyl groups is 1. The highest BCUT2D eigenvalue weighted by Gasteiger charge is 2.25. The molecule has 1 aliphatic rings. The third kappa shape index (κ3) is 2.25. The highest BCUT2D eigenvalue weighted by atomic mass is 16.3. The van der Waals surface area contributed by atoms with Crippen molar-refractivity contribution in [3.63, 3.8) is 0 Å². The van der Waals surface area contributed by atoms with Crippen molar-refractivity contribution in [1.82, 2.24) is 9.97 Å². The van der Waals surface area contributed by atoms with Crippen LogP contribution in [0.3, 0.4) is 0 Å². The minimum atomic E-state index is -0.416. The molecule has 0 aliphatic heterocycles. The molecule has 0 spiro atoms. The van der Waals surface area contributed by atoms with E-state index in [4.69, 9.17) is 0 Å². The first kappa shape index (κ1) is 8.63. The molecule has 2 rings (SSSR count). The summed E-state index contributed by atoms with van der Waals surface area (Å²) in [5.41, 5.74) is 1.60. The van der Waals surface area contributed by atoms with Crippen molar-refractivity contribution in [2.75, 3.05) is 0 Å². The third-order valence-electron chi connectivity index (χ3n) is 2.40. The predicted molar refractivity (Wildman–Crippen MR) is 49.1 cm³/mol. The van der Waals surface area contributed by atoms with Crippen molar-refractivity contribution in [1.29, 1.82) is 0 Å². The average Bonchev–Trinajstić information content (AvgIpc) is 2.89. The quantitative estimate of drug-likeness (QED) is 0.765. The zero-order valence-electron chi connectivity index (χ0n) is 7.77. The lowest BCUT2D eigenvalue weighted by Crippen LogP contribution is -2.02. The van der Waals surface area contributed by atoms with E-state index < -0.39 is 6.10 Å². The fourth-order valence-electron chi connectivity index (χ4n) is 1.36. The fraction of sp³-hybridized carbons (Fsp3) is 0.600. The van der Waals surface area contributed by atoms with Crippen LogP contribution in [0.1, 0.15) is 36.8 Å². The van der Waals surface area contributed by atoms with E-state index in [1.807, 2.05) is 6.92 Å². The van der Waals surface area contributed by atoms with Gasteiger partial charge in [0, 0.05) is 6.20 Å². The highest BCUT2D eigenvalue weighted by Crippen LogP contribution is 2.36. The molecule has 0 radical (unpaired) electrons. The van der Waals surface area contributed by atoms with Crippen molar-refractivity contribution >= 4 is 0 Å². The molecule has 3 heteroatoms. The zero-order chi connectivity index (χ0) is 9.26. The Labute approximate surface area is 77.8 Å². The lowest BCUT2D eigenvalue weighted by Gasteiger charge is -2.08. The second-order valence-electron chi connectivity index (χ2n) is 3.78. The number of rotatable bonds is 3. The molecule has 1 heterocycles. The summed E-state index contributed by atoms with van der Waals surface area (Å²) in [6.07, 6.45) is 6.32. The van der Waals surface area contributed by atoms with E-state index in [0.717, 1.165) is 18.0 Å². The summed E-state index contributed by atoms with van der Waals surface area (Å²) in [7, 11) is 0. The second-order valence-corrected chi connectivity index (χ2v) is 3.78. The molecule has 1 aromatic rings. The molecule has 1 unspecified atom stereocenters. The minimum Gasteiger partial charge on any atom is -0.387 e. The van der Waals surface area contributed by atoms with Gasteiger partial charge in [-0.05, 0) is 19.3 Å². The van der Waals surface area contributed by atoms with Crippen molar-refractivity contribution in [2.45, 2.75) is 32.3 Å². The molecule has 1 saturated carbocycles. The largest absolute Gasteiger partial charge is 0.387 e. The van der Waals surface area contributed by atoms with E-state index in [2.05, 4.69) is 9.97 Å². The normalized spacial score (nSPS) is 18.6. The Morgan fingerprint density at radius 1 is 1.46 bits per heavy atom. The molecule has 1 aromatic heterocycles. The molecule has 1 aliphatic carbocycles. The highest BCUT2D eigenvalue weighted by molar-refractivity contribution is 5.04. The minimum absolute atomic E-state index is 0.416. The number of hydrogen-bond acceptors (Lipinski definition) is 3. The Morgan fingerprint density at radius 2 is 2.23 bits per heavy atom. The molecule has 1 N–H and O–H groups in total. The van der Waals surface area contributed by atoms with E-state index in [1.54, 1.807) is 12.4 Å². The van der Waals surface area contributed by atoms with Crippen LogP contribution in [0.2, 0.25) is 0 Å². The topological polar surface area (TPSA) is 46.0 Å². The molecule has 70 valence electrons. The smallest absolute Gasteiger partial charge is 0.0978 e. The average molecular weight is 178 g/mol. The van der Waals surface area contributed by atoms with Crippen LogP contribution in [0.15, 0.2) is 12.4 Å². The summed E-state index contributed by atoms with van der Waals surface area (Å²) in [6, 6.07) is 0. The van der Waals surface area contributed by atoms with Crippen LogP contribution in [-0.2, 0) is 0 Å². The Balaban J connectivity index is 2.01. The number of aliphatic hydroxyl groups excluding tert-OH is 1. The molecule has 1 atom stereocenters. The van der Waals surface area contributed by atoms with Gasteiger partial charge >= 0.3 is 0 Å². The van der Waals surface area contributed by atoms with Crippen LogP contribution in [0, 0.1) is 12.8 Å². The molecular formula is C10H14N2O. The molecule has 0 amide bonds. The van der Waals surface area contributed by atoms with Gasteiger partial charge in [-0.3, -0.25) is 9.97 Å². The van der Waals surface area contributed by atoms with Crippen LogP contribution in [0.5, 0.6) is 0 Å². The first-order chi connectivity index (χ1) is 6.25. The maximum absolute atomic E-state index is 9.72. The molecule has 0 saturated heterocycles. The van der Waals surface area contributed by atoms with E-state index >= 15 is 0 Å². The van der Waals surface area contributed by atoms with Gasteiger partial charge in [0.05, 0.1) is 23.7 Å². The fourth-order valence-corrected chi connectivity index (χ4v) is 1.36. The van der Waals surface area contributed by atoms with Crippen LogP contribution >= 0.6 is 0 Å². The molecular weight excluding hydrogens is 164 g/mol. The monoisotopic (exact) mass is 178 g/mol. The third-order valence-corrected chi connectivity index (χ3v) is 2.40. The van der Waals surface area contributed by atoms with Crippen molar-refractivity contribution < 1.29 is 5.11 Å². The van der Waals surface area contributed by atoms with E-state index in [0.29, 0.717) is 5.69 Å². The molecule has 3 nitrogen and oxygen atoms in total. The van der Waals surface area contributed by atoms with E-state index in [9.17, 15) is 5.11 Å². The maximum atomic E-state index is 9.72. The first-order valence-electron chi connectivity index (χ1n) is 4.72. The molecule has 0 bridgehead atoms. The van der Waals surface area contributed by atoms with Gasteiger partial charge in [0.15, 0.2) is 0 Å². The van der Waals surface area contributed by atoms with Gasteiger partial charge in [0.25, 0.3) is 0 Å². The van der Waals surface area contributed by atoms with Crippen LogP contribution in [0.25, 0.3) is 0 Å². The SMILES string of the molecule is Cc1cnc(C(O)CC2CC2)cn1. The van der Waals surface area contributed by atoms with Gasteiger partial charge in [-0.15, -0.1) is 0 Å². The van der Waals surface area contributed by atoms with Gasteiger partial charge < -0.3 is 5.11 Å². The summed E-state index contributed by atoms with van der Waals surface area (Å²) >= 11 is 0. The summed E-state index contributed by atoms with van der Waals surface area (Å²) in [5, 5.41) is 9.72. The van der Waals surface area contributed by atoms with Crippen molar-refractivity contribution in [3.8, 4) is 0 Å². The number of aromatic nitrogens is 2. The van der Waals surface area contributed by atoms with Crippen molar-refractivity contribution in [3.05, 3.63) is 23.8 Å². The Hall–Kier alpha value is -0.960. The first-order valence-corrected chi connectivity index (χ1v) is 4.72. The summed E-state index contributed by atoms with van der Waals surface area (Å²) in [4.78, 5) is 8.25. The summed E-state index contributed by atoms with van der Waals surface area (Å²) in [5.74, 6) is 0.720. The van der Waals surface area contributed by atoms with E-state index in [-0.39, 0.29) is 0 Å². The predicted octanol–water partition coefficient (Wildman–Crippen LogP) is 1.62. The van der Waals surface area contributed by atoms with Crippen LogP contribution in [0.4, 0.5) is 0 Å². The standard InChI is InChI=1S/C10H14N2O/c1-7-5-12-9(6-11-7)10(13)4-8-2-3-8/h5-6,8,10,13H,2-4H2,1H3. The van der Waals surface area contributed by atoms with Gasteiger partial charge in [-0.25, -0.2) is 0 Å². The molecule has 1 fully saturated rings. The lowest BCUT2D eigenvalue weighted by molar-refractivity contribution is 0.155. The van der Waals surface area contributed by atoms with Crippen LogP contribution < -0.4 is 0 Å². The lowest BCUT2D eigenvalue weighted by atomic mass is 10.1. The van der Waals surface area contributed by atoms with Gasteiger partial charge in [-0.2, -0.15) is 0 Å². The van der Waals surface area contributed by atoms with Crippen molar-refractivity contribution in [2.24, 2.45) is 5.92 Å². The van der Waals surface area contributed by atoms with Gasteiger partial charge in [0.1, 0.15) is 0 Å². The maximum Gasteiger partial charge on any atom is 0.0978 e. The Kier molecular flexibility index (Phi) is 2.27. The Bertz CT molecular complexity index is 279. The summed E-state index contributed by atoms with van der Waals surface area (Å²) in [6.45, 7) is 1.89. The van der Waals surface area contributed by atoms with E-state index in [1.165, 1.54) is 12.8 Å². The second kappa shape index (κ2) is 3.42. The number of hydrogen-bond donors (Lipinski definition) is 1. The van der Waals surface area contributed by atoms with Gasteiger partial charge in [0.2, 0.25) is 0 Å². The Morgan fingerprint density at radius 3 is 2.77 bits per heavy atom. The summed E-state index contributed by atoms with van der Waals surface area (Å²) < 4.78 is 0. The van der Waals surface area contributed by atoms with Gasteiger partial charge in [-0.1, -0.05) is 12.8 Å². The number of aryl methyl sites for hydroxylation is 1. The van der Waals surface area contributed by atoms with Crippen LogP contribution in [-0.4, -0.2) is 15.1 Å². The molecule has 13 heavy (non-hydrogen) atoms. The zero-order valence-corrected chi connectivity index (χ0v) is 7.77. The molecule has 0 aromatic carbocycles. The number of nitrogens with zero attached hydrogens (tertiary/aromatic N) is 2.